The minimum Gasteiger partial charge on any atom is -0.394 e. The molecule has 1 amide bonds. The number of rotatable bonds is 52. The summed E-state index contributed by atoms with van der Waals surface area (Å²) in [5.41, 5.74) is 0. The molecule has 0 aromatic carbocycles. The molecule has 1 rings (SSSR count). The van der Waals surface area contributed by atoms with Crippen LogP contribution in [0.15, 0.2) is 0 Å². The monoisotopic (exact) mass is 954 g/mol. The molecule has 7 unspecified atom stereocenters. The van der Waals surface area contributed by atoms with Gasteiger partial charge in [0.05, 0.1) is 25.4 Å². The van der Waals surface area contributed by atoms with Gasteiger partial charge >= 0.3 is 0 Å². The summed E-state index contributed by atoms with van der Waals surface area (Å²) in [5.74, 6) is -0.138. The first kappa shape index (κ1) is 64.2. The molecular weight excluding hydrogens is 839 g/mol. The fourth-order valence-electron chi connectivity index (χ4n) is 9.99. The molecular formula is C58H115NO8. The molecule has 1 aliphatic rings. The lowest BCUT2D eigenvalue weighted by Crippen LogP contribution is -2.60. The Balaban J connectivity index is 2.04. The second-order valence-corrected chi connectivity index (χ2v) is 21.2. The van der Waals surface area contributed by atoms with E-state index < -0.39 is 49.5 Å². The number of carbonyl (C=O) groups is 1. The largest absolute Gasteiger partial charge is 0.394 e. The Morgan fingerprint density at radius 1 is 0.448 bits per heavy atom. The van der Waals surface area contributed by atoms with Gasteiger partial charge in [0.15, 0.2) is 6.29 Å². The summed E-state index contributed by atoms with van der Waals surface area (Å²) in [4.78, 5) is 13.0. The molecule has 1 heterocycles. The maximum atomic E-state index is 13.0. The van der Waals surface area contributed by atoms with Crippen LogP contribution in [0.2, 0.25) is 0 Å². The van der Waals surface area contributed by atoms with Crippen molar-refractivity contribution in [2.75, 3.05) is 13.2 Å². The summed E-state index contributed by atoms with van der Waals surface area (Å²) in [5, 5.41) is 54.5. The molecule has 0 radical (unpaired) electrons. The van der Waals surface area contributed by atoms with Gasteiger partial charge < -0.3 is 40.3 Å². The Labute approximate surface area is 414 Å². The van der Waals surface area contributed by atoms with Crippen LogP contribution in [0.5, 0.6) is 0 Å². The van der Waals surface area contributed by atoms with Gasteiger partial charge in [-0.25, -0.2) is 0 Å². The molecule has 0 bridgehead atoms. The number of aliphatic hydroxyl groups excluding tert-OH is 5. The lowest BCUT2D eigenvalue weighted by Gasteiger charge is -2.40. The van der Waals surface area contributed by atoms with Crippen molar-refractivity contribution in [2.45, 2.75) is 352 Å². The van der Waals surface area contributed by atoms with Gasteiger partial charge in [-0.2, -0.15) is 0 Å². The van der Waals surface area contributed by atoms with Crippen LogP contribution >= 0.6 is 0 Å². The number of aliphatic hydroxyl groups is 5. The van der Waals surface area contributed by atoms with Gasteiger partial charge in [-0.15, -0.1) is 0 Å². The molecule has 1 aliphatic heterocycles. The van der Waals surface area contributed by atoms with Crippen LogP contribution in [0.25, 0.3) is 0 Å². The minimum absolute atomic E-state index is 0.132. The summed E-state index contributed by atoms with van der Waals surface area (Å²) in [6.45, 7) is 3.86. The molecule has 67 heavy (non-hydrogen) atoms. The van der Waals surface area contributed by atoms with E-state index in [2.05, 4.69) is 19.2 Å². The highest BCUT2D eigenvalue weighted by molar-refractivity contribution is 5.76. The van der Waals surface area contributed by atoms with Gasteiger partial charge in [0.2, 0.25) is 5.91 Å². The number of carbonyl (C=O) groups excluding carboxylic acids is 1. The third-order valence-corrected chi connectivity index (χ3v) is 14.7. The number of unbranched alkanes of at least 4 members (excludes halogenated alkanes) is 42. The lowest BCUT2D eigenvalue weighted by molar-refractivity contribution is -0.302. The molecule has 1 fully saturated rings. The third kappa shape index (κ3) is 38.5. The Morgan fingerprint density at radius 3 is 1.06 bits per heavy atom. The zero-order valence-corrected chi connectivity index (χ0v) is 44.4. The summed E-state index contributed by atoms with van der Waals surface area (Å²) in [6.07, 6.45) is 51.7. The van der Waals surface area contributed by atoms with Crippen LogP contribution in [0.1, 0.15) is 309 Å². The van der Waals surface area contributed by atoms with Gasteiger partial charge in [0, 0.05) is 6.42 Å². The van der Waals surface area contributed by atoms with E-state index in [9.17, 15) is 30.3 Å². The Kier molecular flexibility index (Phi) is 46.8. The van der Waals surface area contributed by atoms with Crippen LogP contribution in [0.4, 0.5) is 0 Å². The van der Waals surface area contributed by atoms with Crippen molar-refractivity contribution in [3.05, 3.63) is 0 Å². The number of ether oxygens (including phenoxy) is 2. The van der Waals surface area contributed by atoms with Crippen molar-refractivity contribution in [1.82, 2.24) is 5.32 Å². The first-order valence-corrected chi connectivity index (χ1v) is 29.7. The molecule has 7 atom stereocenters. The Hall–Kier alpha value is -0.810. The van der Waals surface area contributed by atoms with Crippen LogP contribution < -0.4 is 5.32 Å². The number of hydrogen-bond acceptors (Lipinski definition) is 8. The smallest absolute Gasteiger partial charge is 0.220 e. The van der Waals surface area contributed by atoms with Crippen LogP contribution in [0.3, 0.4) is 0 Å². The normalized spacial score (nSPS) is 19.5. The quantitative estimate of drug-likeness (QED) is 0.0330. The Bertz CT molecular complexity index is 1020. The van der Waals surface area contributed by atoms with Gasteiger partial charge in [-0.05, 0) is 12.8 Å². The summed E-state index contributed by atoms with van der Waals surface area (Å²) in [7, 11) is 0. The zero-order chi connectivity index (χ0) is 48.7. The maximum absolute atomic E-state index is 13.0. The summed E-state index contributed by atoms with van der Waals surface area (Å²) < 4.78 is 11.3. The number of hydrogen-bond donors (Lipinski definition) is 6. The summed E-state index contributed by atoms with van der Waals surface area (Å²) in [6, 6.07) is -0.712. The van der Waals surface area contributed by atoms with Crippen molar-refractivity contribution >= 4 is 5.91 Å². The van der Waals surface area contributed by atoms with E-state index >= 15 is 0 Å². The second kappa shape index (κ2) is 48.8. The predicted molar refractivity (Wildman–Crippen MR) is 281 cm³/mol. The highest BCUT2D eigenvalue weighted by Gasteiger charge is 2.44. The van der Waals surface area contributed by atoms with E-state index in [-0.39, 0.29) is 12.5 Å². The minimum atomic E-state index is -1.55. The molecule has 0 aliphatic carbocycles. The fraction of sp³-hybridized carbons (Fsp3) is 0.983. The second-order valence-electron chi connectivity index (χ2n) is 21.2. The molecule has 1 saturated heterocycles. The molecule has 400 valence electrons. The molecule has 0 aromatic rings. The highest BCUT2D eigenvalue weighted by Crippen LogP contribution is 2.23. The maximum Gasteiger partial charge on any atom is 0.220 e. The van der Waals surface area contributed by atoms with Crippen molar-refractivity contribution in [3.63, 3.8) is 0 Å². The van der Waals surface area contributed by atoms with Crippen molar-refractivity contribution in [3.8, 4) is 0 Å². The molecule has 0 aromatic heterocycles. The highest BCUT2D eigenvalue weighted by atomic mass is 16.7. The lowest BCUT2D eigenvalue weighted by atomic mass is 9.99. The average molecular weight is 955 g/mol. The molecule has 9 nitrogen and oxygen atoms in total. The van der Waals surface area contributed by atoms with E-state index in [1.807, 2.05) is 0 Å². The van der Waals surface area contributed by atoms with E-state index in [1.54, 1.807) is 0 Å². The third-order valence-electron chi connectivity index (χ3n) is 14.7. The average Bonchev–Trinajstić information content (AvgIpc) is 3.33. The van der Waals surface area contributed by atoms with Crippen LogP contribution in [-0.2, 0) is 14.3 Å². The number of nitrogens with one attached hydrogen (secondary N) is 1. The SMILES string of the molecule is CCCCCCCCCCCCCCCCCCCCCCCCCCCCCCCCCCCC(=O)NC(COC1OC(CO)C(O)C(O)C1O)C(O)CCCCCCCCCCCCC. The summed E-state index contributed by atoms with van der Waals surface area (Å²) >= 11 is 0. The zero-order valence-electron chi connectivity index (χ0n) is 44.4. The number of amides is 1. The van der Waals surface area contributed by atoms with Crippen molar-refractivity contribution in [2.24, 2.45) is 0 Å². The fourth-order valence-corrected chi connectivity index (χ4v) is 9.99. The molecule has 6 N–H and O–H groups in total. The van der Waals surface area contributed by atoms with Crippen LogP contribution in [-0.4, -0.2) is 87.5 Å². The first-order valence-electron chi connectivity index (χ1n) is 29.7. The topological polar surface area (TPSA) is 149 Å². The van der Waals surface area contributed by atoms with Gasteiger partial charge in [-0.1, -0.05) is 290 Å². The van der Waals surface area contributed by atoms with Gasteiger partial charge in [0.1, 0.15) is 24.4 Å². The van der Waals surface area contributed by atoms with E-state index in [1.165, 1.54) is 244 Å². The van der Waals surface area contributed by atoms with Crippen LogP contribution in [0, 0.1) is 0 Å². The van der Waals surface area contributed by atoms with Gasteiger partial charge in [-0.3, -0.25) is 4.79 Å². The molecule has 9 heteroatoms. The predicted octanol–water partition coefficient (Wildman–Crippen LogP) is 14.6. The Morgan fingerprint density at radius 2 is 0.746 bits per heavy atom. The van der Waals surface area contributed by atoms with E-state index in [4.69, 9.17) is 9.47 Å². The molecule has 0 spiro atoms. The van der Waals surface area contributed by atoms with Gasteiger partial charge in [0.25, 0.3) is 0 Å². The van der Waals surface area contributed by atoms with Crippen molar-refractivity contribution in [1.29, 1.82) is 0 Å². The standard InChI is InChI=1S/C58H115NO8/c1-3-5-7-9-11-13-15-16-17-18-19-20-21-22-23-24-25-26-27-28-29-30-31-32-33-34-35-36-38-40-42-44-46-48-54(62)59-51(50-66-58-57(65)56(64)55(63)53(49-60)67-58)52(61)47-45-43-41-39-37-14-12-10-8-6-4-2/h51-53,55-58,60-61,63-65H,3-50H2,1-2H3,(H,59,62). The molecule has 0 saturated carbocycles. The van der Waals surface area contributed by atoms with E-state index in [0.29, 0.717) is 12.8 Å². The first-order chi connectivity index (χ1) is 32.8. The van der Waals surface area contributed by atoms with Crippen molar-refractivity contribution < 1.29 is 39.8 Å². The van der Waals surface area contributed by atoms with E-state index in [0.717, 1.165) is 38.5 Å².